The van der Waals surface area contributed by atoms with E-state index in [2.05, 4.69) is 0 Å². The molecule has 0 saturated heterocycles. The molecule has 0 aliphatic heterocycles. The highest BCUT2D eigenvalue weighted by Crippen LogP contribution is 2.23. The van der Waals surface area contributed by atoms with Gasteiger partial charge in [0.2, 0.25) is 0 Å². The van der Waals surface area contributed by atoms with Crippen molar-refractivity contribution in [2.75, 3.05) is 20.3 Å². The maximum atomic E-state index is 13.4. The number of nitrogens with zero attached hydrogens (tertiary/aromatic N) is 1. The first-order valence-electron chi connectivity index (χ1n) is 6.22. The summed E-state index contributed by atoms with van der Waals surface area (Å²) in [5.41, 5.74) is 0.688. The summed E-state index contributed by atoms with van der Waals surface area (Å²) in [6.45, 7) is 2.61. The van der Waals surface area contributed by atoms with Gasteiger partial charge in [0.15, 0.2) is 11.6 Å². The Morgan fingerprint density at radius 2 is 1.95 bits per heavy atom. The Labute approximate surface area is 114 Å². The lowest BCUT2D eigenvalue weighted by atomic mass is 10.2. The van der Waals surface area contributed by atoms with E-state index in [1.807, 2.05) is 0 Å². The van der Waals surface area contributed by atoms with Gasteiger partial charge in [0.05, 0.1) is 18.7 Å². The molecule has 0 N–H and O–H groups in total. The first-order chi connectivity index (χ1) is 9.58. The van der Waals surface area contributed by atoms with E-state index in [0.717, 1.165) is 12.1 Å². The maximum absolute atomic E-state index is 13.4. The summed E-state index contributed by atoms with van der Waals surface area (Å²) >= 11 is 0. The monoisotopic (exact) mass is 283 g/mol. The lowest BCUT2D eigenvalue weighted by Crippen LogP contribution is -2.14. The van der Waals surface area contributed by atoms with Gasteiger partial charge in [0, 0.05) is 25.1 Å². The molecule has 0 unspecified atom stereocenters. The van der Waals surface area contributed by atoms with Gasteiger partial charge in [-0.15, -0.1) is 0 Å². The van der Waals surface area contributed by atoms with Gasteiger partial charge in [0.25, 0.3) is 0 Å². The fourth-order valence-electron chi connectivity index (χ4n) is 2.05. The van der Waals surface area contributed by atoms with E-state index in [1.54, 1.807) is 11.5 Å². The van der Waals surface area contributed by atoms with Crippen molar-refractivity contribution in [1.82, 2.24) is 4.57 Å². The standard InChI is InChI=1S/C14H15F2NO3/c1-3-20-14(18)13-7-9-6-10(15)11(16)8-12(9)17(13)4-5-19-2/h6-8H,3-5H2,1-2H3. The third-order valence-corrected chi connectivity index (χ3v) is 2.95. The van der Waals surface area contributed by atoms with Gasteiger partial charge in [-0.3, -0.25) is 0 Å². The van der Waals surface area contributed by atoms with Crippen molar-refractivity contribution >= 4 is 16.9 Å². The molecule has 0 atom stereocenters. The molecular weight excluding hydrogens is 268 g/mol. The normalized spacial score (nSPS) is 11.0. The predicted molar refractivity (Wildman–Crippen MR) is 69.7 cm³/mol. The first-order valence-corrected chi connectivity index (χ1v) is 6.22. The summed E-state index contributed by atoms with van der Waals surface area (Å²) < 4.78 is 38.1. The molecule has 0 radical (unpaired) electrons. The number of hydrogen-bond donors (Lipinski definition) is 0. The number of fused-ring (bicyclic) bond motifs is 1. The first kappa shape index (κ1) is 14.5. The minimum absolute atomic E-state index is 0.230. The van der Waals surface area contributed by atoms with Gasteiger partial charge >= 0.3 is 5.97 Å². The zero-order chi connectivity index (χ0) is 14.7. The topological polar surface area (TPSA) is 40.5 Å². The molecule has 0 spiro atoms. The Morgan fingerprint density at radius 3 is 2.60 bits per heavy atom. The largest absolute Gasteiger partial charge is 0.461 e. The molecule has 20 heavy (non-hydrogen) atoms. The van der Waals surface area contributed by atoms with Crippen LogP contribution in [0.5, 0.6) is 0 Å². The third kappa shape index (κ3) is 2.65. The van der Waals surface area contributed by atoms with Crippen molar-refractivity contribution in [3.05, 3.63) is 35.5 Å². The average molecular weight is 283 g/mol. The van der Waals surface area contributed by atoms with Crippen LogP contribution in [-0.4, -0.2) is 30.9 Å². The van der Waals surface area contributed by atoms with Crippen molar-refractivity contribution < 1.29 is 23.0 Å². The number of halogens is 2. The van der Waals surface area contributed by atoms with Crippen molar-refractivity contribution in [3.63, 3.8) is 0 Å². The molecule has 0 amide bonds. The summed E-state index contributed by atoms with van der Waals surface area (Å²) in [6, 6.07) is 3.63. The average Bonchev–Trinajstić information content (AvgIpc) is 2.75. The van der Waals surface area contributed by atoms with Crippen LogP contribution in [0.25, 0.3) is 10.9 Å². The summed E-state index contributed by atoms with van der Waals surface area (Å²) in [5, 5.41) is 0.447. The SMILES string of the molecule is CCOC(=O)c1cc2cc(F)c(F)cc2n1CCOC. The van der Waals surface area contributed by atoms with Crippen LogP contribution < -0.4 is 0 Å². The number of rotatable bonds is 5. The molecule has 2 rings (SSSR count). The minimum Gasteiger partial charge on any atom is -0.461 e. The number of benzene rings is 1. The van der Waals surface area contributed by atoms with Crippen molar-refractivity contribution in [3.8, 4) is 0 Å². The van der Waals surface area contributed by atoms with Gasteiger partial charge in [-0.25, -0.2) is 13.6 Å². The second-order valence-corrected chi connectivity index (χ2v) is 4.22. The lowest BCUT2D eigenvalue weighted by Gasteiger charge is -2.09. The Kier molecular flexibility index (Phi) is 4.34. The number of methoxy groups -OCH3 is 1. The fourth-order valence-corrected chi connectivity index (χ4v) is 2.05. The number of carbonyl (C=O) groups is 1. The van der Waals surface area contributed by atoms with Crippen LogP contribution in [0.15, 0.2) is 18.2 Å². The molecule has 2 aromatic rings. The molecule has 1 aromatic heterocycles. The van der Waals surface area contributed by atoms with Crippen molar-refractivity contribution in [2.45, 2.75) is 13.5 Å². The highest BCUT2D eigenvalue weighted by Gasteiger charge is 2.18. The quantitative estimate of drug-likeness (QED) is 0.792. The second-order valence-electron chi connectivity index (χ2n) is 4.22. The van der Waals surface area contributed by atoms with Crippen LogP contribution >= 0.6 is 0 Å². The molecule has 0 saturated carbocycles. The number of carbonyl (C=O) groups excluding carboxylic acids is 1. The molecule has 0 bridgehead atoms. The van der Waals surface area contributed by atoms with Crippen LogP contribution in [-0.2, 0) is 16.0 Å². The number of ether oxygens (including phenoxy) is 2. The van der Waals surface area contributed by atoms with Gasteiger partial charge in [-0.05, 0) is 19.1 Å². The number of aromatic nitrogens is 1. The molecular formula is C14H15F2NO3. The van der Waals surface area contributed by atoms with Gasteiger partial charge in [-0.1, -0.05) is 0 Å². The van der Waals surface area contributed by atoms with Crippen LogP contribution in [0, 0.1) is 11.6 Å². The van der Waals surface area contributed by atoms with E-state index in [9.17, 15) is 13.6 Å². The summed E-state index contributed by atoms with van der Waals surface area (Å²) in [4.78, 5) is 11.9. The van der Waals surface area contributed by atoms with Crippen molar-refractivity contribution in [1.29, 1.82) is 0 Å². The minimum atomic E-state index is -0.954. The summed E-state index contributed by atoms with van der Waals surface area (Å²) in [7, 11) is 1.52. The molecule has 1 heterocycles. The Bertz CT molecular complexity index is 637. The van der Waals surface area contributed by atoms with Crippen molar-refractivity contribution in [2.24, 2.45) is 0 Å². The third-order valence-electron chi connectivity index (χ3n) is 2.95. The summed E-state index contributed by atoms with van der Waals surface area (Å²) in [6.07, 6.45) is 0. The molecule has 0 fully saturated rings. The highest BCUT2D eigenvalue weighted by molar-refractivity contribution is 5.95. The molecule has 6 heteroatoms. The number of esters is 1. The maximum Gasteiger partial charge on any atom is 0.354 e. The number of hydrogen-bond acceptors (Lipinski definition) is 3. The zero-order valence-corrected chi connectivity index (χ0v) is 11.3. The van der Waals surface area contributed by atoms with Gasteiger partial charge in [-0.2, -0.15) is 0 Å². The molecule has 108 valence electrons. The Hall–Kier alpha value is -1.95. The van der Waals surface area contributed by atoms with Crippen LogP contribution in [0.2, 0.25) is 0 Å². The van der Waals surface area contributed by atoms with E-state index in [4.69, 9.17) is 9.47 Å². The zero-order valence-electron chi connectivity index (χ0n) is 11.3. The molecule has 0 aliphatic carbocycles. The van der Waals surface area contributed by atoms with Crippen LogP contribution in [0.3, 0.4) is 0 Å². The molecule has 4 nitrogen and oxygen atoms in total. The smallest absolute Gasteiger partial charge is 0.354 e. The van der Waals surface area contributed by atoms with Crippen LogP contribution in [0.4, 0.5) is 8.78 Å². The lowest BCUT2D eigenvalue weighted by molar-refractivity contribution is 0.0512. The van der Waals surface area contributed by atoms with E-state index in [1.165, 1.54) is 13.2 Å². The van der Waals surface area contributed by atoms with E-state index in [-0.39, 0.29) is 12.3 Å². The Balaban J connectivity index is 2.57. The van der Waals surface area contributed by atoms with E-state index in [0.29, 0.717) is 24.1 Å². The highest BCUT2D eigenvalue weighted by atomic mass is 19.2. The summed E-state index contributed by atoms with van der Waals surface area (Å²) in [5.74, 6) is -2.43. The van der Waals surface area contributed by atoms with Gasteiger partial charge < -0.3 is 14.0 Å². The van der Waals surface area contributed by atoms with E-state index >= 15 is 0 Å². The Morgan fingerprint density at radius 1 is 1.25 bits per heavy atom. The van der Waals surface area contributed by atoms with Gasteiger partial charge in [0.1, 0.15) is 5.69 Å². The second kappa shape index (κ2) is 6.00. The van der Waals surface area contributed by atoms with E-state index < -0.39 is 17.6 Å². The fraction of sp³-hybridized carbons (Fsp3) is 0.357. The molecule has 1 aromatic carbocycles. The van der Waals surface area contributed by atoms with Crippen LogP contribution in [0.1, 0.15) is 17.4 Å². The molecule has 0 aliphatic rings. The predicted octanol–water partition coefficient (Wildman–Crippen LogP) is 2.74.